The van der Waals surface area contributed by atoms with Gasteiger partial charge >= 0.3 is 0 Å². The van der Waals surface area contributed by atoms with E-state index in [0.29, 0.717) is 10.8 Å². The van der Waals surface area contributed by atoms with Crippen LogP contribution in [-0.4, -0.2) is 34.9 Å². The number of rotatable bonds is 6. The van der Waals surface area contributed by atoms with E-state index in [4.69, 9.17) is 4.98 Å². The standard InChI is InChI=1S/C25H23N5O2S2/c1-17(31)30(20-7-3-2-4-8-20)25-27-19(16-33-25)10-12-23(32)26-18-9-11-21-22(15-18)34-24(28-21)29-13-5-6-14-29/h2-4,7-12,15-16H,5-6,13-14H2,1H3,(H,26,32)/b12-10+. The Labute approximate surface area is 205 Å². The zero-order valence-corrected chi connectivity index (χ0v) is 20.2. The first-order chi connectivity index (χ1) is 16.6. The van der Waals surface area contributed by atoms with E-state index in [1.165, 1.54) is 37.2 Å². The summed E-state index contributed by atoms with van der Waals surface area (Å²) in [5.74, 6) is -0.371. The molecule has 1 N–H and O–H groups in total. The number of aromatic nitrogens is 2. The van der Waals surface area contributed by atoms with Crippen molar-refractivity contribution in [1.82, 2.24) is 9.97 Å². The highest BCUT2D eigenvalue weighted by atomic mass is 32.1. The van der Waals surface area contributed by atoms with Crippen molar-refractivity contribution in [2.75, 3.05) is 28.2 Å². The lowest BCUT2D eigenvalue weighted by atomic mass is 10.3. The van der Waals surface area contributed by atoms with Gasteiger partial charge in [-0.25, -0.2) is 9.97 Å². The molecule has 0 unspecified atom stereocenters. The summed E-state index contributed by atoms with van der Waals surface area (Å²) in [5, 5.41) is 6.33. The first kappa shape index (κ1) is 22.2. The molecule has 34 heavy (non-hydrogen) atoms. The van der Waals surface area contributed by atoms with Crippen molar-refractivity contribution >= 4 is 72.4 Å². The number of nitrogens with zero attached hydrogens (tertiary/aromatic N) is 4. The third-order valence-electron chi connectivity index (χ3n) is 5.46. The highest BCUT2D eigenvalue weighted by Crippen LogP contribution is 2.32. The number of fused-ring (bicyclic) bond motifs is 1. The second-order valence-electron chi connectivity index (χ2n) is 7.94. The van der Waals surface area contributed by atoms with Gasteiger partial charge in [-0.3, -0.25) is 14.5 Å². The fourth-order valence-corrected chi connectivity index (χ4v) is 5.75. The number of anilines is 4. The number of carbonyl (C=O) groups excluding carboxylic acids is 2. The summed E-state index contributed by atoms with van der Waals surface area (Å²) >= 11 is 3.01. The molecule has 4 aromatic rings. The Morgan fingerprint density at radius 2 is 1.88 bits per heavy atom. The van der Waals surface area contributed by atoms with Crippen LogP contribution in [0.15, 0.2) is 60.0 Å². The average Bonchev–Trinajstić information content (AvgIpc) is 3.59. The Morgan fingerprint density at radius 1 is 1.09 bits per heavy atom. The van der Waals surface area contributed by atoms with Crippen LogP contribution in [0.5, 0.6) is 0 Å². The van der Waals surface area contributed by atoms with Gasteiger partial charge in [-0.05, 0) is 49.2 Å². The minimum atomic E-state index is -0.246. The van der Waals surface area contributed by atoms with E-state index in [1.54, 1.807) is 22.3 Å². The molecule has 0 saturated carbocycles. The van der Waals surface area contributed by atoms with Gasteiger partial charge in [-0.1, -0.05) is 29.5 Å². The molecule has 0 radical (unpaired) electrons. The van der Waals surface area contributed by atoms with Gasteiger partial charge in [0.1, 0.15) is 0 Å². The lowest BCUT2D eigenvalue weighted by Gasteiger charge is -2.17. The van der Waals surface area contributed by atoms with E-state index < -0.39 is 0 Å². The van der Waals surface area contributed by atoms with Crippen LogP contribution in [0.1, 0.15) is 25.5 Å². The first-order valence-corrected chi connectivity index (χ1v) is 12.7. The molecule has 1 aliphatic heterocycles. The zero-order chi connectivity index (χ0) is 23.5. The van der Waals surface area contributed by atoms with Gasteiger partial charge in [0.2, 0.25) is 11.8 Å². The Hall–Kier alpha value is -3.56. The zero-order valence-electron chi connectivity index (χ0n) is 18.6. The molecule has 3 heterocycles. The van der Waals surface area contributed by atoms with E-state index >= 15 is 0 Å². The van der Waals surface area contributed by atoms with E-state index in [1.807, 2.05) is 53.9 Å². The molecule has 9 heteroatoms. The third-order valence-corrected chi connectivity index (χ3v) is 7.38. The Balaban J connectivity index is 1.26. The molecule has 1 saturated heterocycles. The smallest absolute Gasteiger partial charge is 0.248 e. The second-order valence-corrected chi connectivity index (χ2v) is 9.79. The van der Waals surface area contributed by atoms with Crippen molar-refractivity contribution in [1.29, 1.82) is 0 Å². The summed E-state index contributed by atoms with van der Waals surface area (Å²) < 4.78 is 1.05. The topological polar surface area (TPSA) is 78.4 Å². The van der Waals surface area contributed by atoms with E-state index in [2.05, 4.69) is 15.2 Å². The van der Waals surface area contributed by atoms with Crippen LogP contribution >= 0.6 is 22.7 Å². The largest absolute Gasteiger partial charge is 0.348 e. The van der Waals surface area contributed by atoms with Gasteiger partial charge in [-0.15, -0.1) is 11.3 Å². The molecular formula is C25H23N5O2S2. The lowest BCUT2D eigenvalue weighted by Crippen LogP contribution is -2.22. The van der Waals surface area contributed by atoms with Gasteiger partial charge in [0.15, 0.2) is 10.3 Å². The van der Waals surface area contributed by atoms with Crippen LogP contribution in [0, 0.1) is 0 Å². The molecule has 0 bridgehead atoms. The van der Waals surface area contributed by atoms with Crippen molar-refractivity contribution in [2.45, 2.75) is 19.8 Å². The van der Waals surface area contributed by atoms with Crippen LogP contribution in [0.3, 0.4) is 0 Å². The Morgan fingerprint density at radius 3 is 2.65 bits per heavy atom. The minimum Gasteiger partial charge on any atom is -0.348 e. The fourth-order valence-electron chi connectivity index (χ4n) is 3.84. The SMILES string of the molecule is CC(=O)N(c1ccccc1)c1nc(/C=C/C(=O)Nc2ccc3nc(N4CCCC4)sc3c2)cs1. The van der Waals surface area contributed by atoms with Crippen LogP contribution in [0.2, 0.25) is 0 Å². The van der Waals surface area contributed by atoms with E-state index in [0.717, 1.165) is 39.8 Å². The number of amides is 2. The van der Waals surface area contributed by atoms with E-state index in [-0.39, 0.29) is 11.8 Å². The van der Waals surface area contributed by atoms with Gasteiger partial charge in [-0.2, -0.15) is 0 Å². The quantitative estimate of drug-likeness (QED) is 0.352. The van der Waals surface area contributed by atoms with Crippen LogP contribution in [0.4, 0.5) is 21.6 Å². The molecule has 0 atom stereocenters. The Kier molecular flexibility index (Phi) is 6.37. The molecule has 2 aromatic heterocycles. The second kappa shape index (κ2) is 9.74. The van der Waals surface area contributed by atoms with Crippen molar-refractivity contribution < 1.29 is 9.59 Å². The Bertz CT molecular complexity index is 1360. The number of carbonyl (C=O) groups is 2. The van der Waals surface area contributed by atoms with E-state index in [9.17, 15) is 9.59 Å². The summed E-state index contributed by atoms with van der Waals surface area (Å²) in [6, 6.07) is 15.1. The van der Waals surface area contributed by atoms with Gasteiger partial charge in [0, 0.05) is 37.2 Å². The molecule has 0 aliphatic carbocycles. The maximum Gasteiger partial charge on any atom is 0.248 e. The molecule has 1 aliphatic rings. The normalized spacial score (nSPS) is 13.6. The van der Waals surface area contributed by atoms with Crippen molar-refractivity contribution in [2.24, 2.45) is 0 Å². The van der Waals surface area contributed by atoms with Gasteiger partial charge in [0.25, 0.3) is 0 Å². The third kappa shape index (κ3) is 4.85. The van der Waals surface area contributed by atoms with Crippen molar-refractivity contribution in [3.63, 3.8) is 0 Å². The molecular weight excluding hydrogens is 466 g/mol. The van der Waals surface area contributed by atoms with Crippen molar-refractivity contribution in [3.8, 4) is 0 Å². The molecule has 7 nitrogen and oxygen atoms in total. The summed E-state index contributed by atoms with van der Waals surface area (Å²) in [5.41, 5.74) is 3.04. The number of nitrogens with one attached hydrogen (secondary N) is 1. The average molecular weight is 490 g/mol. The molecule has 2 aromatic carbocycles. The maximum atomic E-state index is 12.5. The number of thiazole rings is 2. The fraction of sp³-hybridized carbons (Fsp3) is 0.200. The number of hydrogen-bond donors (Lipinski definition) is 1. The maximum absolute atomic E-state index is 12.5. The summed E-state index contributed by atoms with van der Waals surface area (Å²) in [6.45, 7) is 3.62. The number of para-hydroxylation sites is 1. The predicted molar refractivity (Wildman–Crippen MR) is 140 cm³/mol. The van der Waals surface area contributed by atoms with Gasteiger partial charge in [0.05, 0.1) is 21.6 Å². The summed E-state index contributed by atoms with van der Waals surface area (Å²) in [6.07, 6.45) is 5.52. The van der Waals surface area contributed by atoms with Gasteiger partial charge < -0.3 is 10.2 Å². The molecule has 5 rings (SSSR count). The highest BCUT2D eigenvalue weighted by Gasteiger charge is 2.18. The number of benzene rings is 2. The molecule has 172 valence electrons. The molecule has 1 fully saturated rings. The van der Waals surface area contributed by atoms with Crippen LogP contribution in [-0.2, 0) is 9.59 Å². The monoisotopic (exact) mass is 489 g/mol. The first-order valence-electron chi connectivity index (χ1n) is 11.0. The summed E-state index contributed by atoms with van der Waals surface area (Å²) in [7, 11) is 0. The predicted octanol–water partition coefficient (Wildman–Crippen LogP) is 5.69. The minimum absolute atomic E-state index is 0.125. The lowest BCUT2D eigenvalue weighted by molar-refractivity contribution is -0.116. The van der Waals surface area contributed by atoms with Crippen molar-refractivity contribution in [3.05, 3.63) is 65.7 Å². The number of hydrogen-bond acceptors (Lipinski definition) is 7. The molecule has 0 spiro atoms. The molecule has 2 amide bonds. The summed E-state index contributed by atoms with van der Waals surface area (Å²) in [4.78, 5) is 37.8. The van der Waals surface area contributed by atoms with Crippen LogP contribution < -0.4 is 15.1 Å². The van der Waals surface area contributed by atoms with Crippen LogP contribution in [0.25, 0.3) is 16.3 Å². The highest BCUT2D eigenvalue weighted by molar-refractivity contribution is 7.22.